The number of pyridine rings is 1. The average molecular weight is 986 g/mol. The molecule has 18 heteroatoms. The molecule has 3 aromatic heterocycles. The Morgan fingerprint density at radius 2 is 1.72 bits per heavy atom. The number of sulfonamides is 1. The number of fused-ring (bicyclic) bond motifs is 1. The topological polar surface area (TPSA) is 146 Å². The number of carbonyl (C=O) groups is 1. The molecule has 0 saturated carbocycles. The van der Waals surface area contributed by atoms with E-state index >= 15 is 0 Å². The number of piperazine rings is 1. The normalized spacial score (nSPS) is 15.9. The molecule has 2 aliphatic rings. The minimum atomic E-state index is -4.45. The van der Waals surface area contributed by atoms with Gasteiger partial charge in [-0.15, -0.1) is 0 Å². The predicted molar refractivity (Wildman–Crippen MR) is 266 cm³/mol. The van der Waals surface area contributed by atoms with E-state index in [4.69, 9.17) is 37.4 Å². The van der Waals surface area contributed by atoms with Crippen molar-refractivity contribution in [3.05, 3.63) is 124 Å². The van der Waals surface area contributed by atoms with Crippen molar-refractivity contribution in [3.63, 3.8) is 0 Å². The molecule has 8 rings (SSSR count). The zero-order valence-electron chi connectivity index (χ0n) is 38.9. The number of hydrogen-bond donors (Lipinski definition) is 1. The van der Waals surface area contributed by atoms with Crippen LogP contribution in [0.2, 0.25) is 35.7 Å². The van der Waals surface area contributed by atoms with Gasteiger partial charge in [-0.2, -0.15) is 5.10 Å². The Morgan fingerprint density at radius 3 is 2.43 bits per heavy atom. The van der Waals surface area contributed by atoms with Crippen molar-refractivity contribution in [2.75, 3.05) is 44.2 Å². The molecular formula is C49H58Cl2N8O6SSi. The maximum atomic E-state index is 14.1. The molecule has 0 radical (unpaired) electrons. The SMILES string of the molecule is Cn1cncc1COc1ncc(S(=O)(=O)NC(=O)c2ccc(N3CCN(CC4=C(c5ccc(Cl)cc5)CC(C)(C)CC4)CC3)cc2Oc2cccc3c2cnn3COCC[Si](C)(C)C)cc1Cl. The molecule has 1 aliphatic carbocycles. The number of rotatable bonds is 17. The summed E-state index contributed by atoms with van der Waals surface area (Å²) in [4.78, 5) is 26.8. The molecule has 14 nitrogen and oxygen atoms in total. The number of nitrogens with zero attached hydrogens (tertiary/aromatic N) is 7. The third kappa shape index (κ3) is 11.9. The zero-order chi connectivity index (χ0) is 47.5. The van der Waals surface area contributed by atoms with Gasteiger partial charge in [0.05, 0.1) is 47.1 Å². The molecule has 1 aliphatic heterocycles. The van der Waals surface area contributed by atoms with Gasteiger partial charge in [-0.25, -0.2) is 27.8 Å². The summed E-state index contributed by atoms with van der Waals surface area (Å²) in [5, 5.41) is 6.00. The minimum absolute atomic E-state index is 0.0158. The number of hydrogen-bond acceptors (Lipinski definition) is 11. The fourth-order valence-electron chi connectivity index (χ4n) is 8.36. The molecule has 1 N–H and O–H groups in total. The van der Waals surface area contributed by atoms with Crippen LogP contribution in [0.1, 0.15) is 54.7 Å². The molecule has 0 spiro atoms. The standard InChI is InChI=1S/C49H58Cl2N8O6SSi/c1-49(2)17-16-35(41(26-49)34-10-12-36(50)13-11-34)30-57-18-20-58(21-19-57)37-14-15-40(46(24-37)65-45-9-7-8-44-42(45)29-54-59(44)33-63-22-23-67(4,5)6)47(60)55-66(61,62)39-25-43(51)48(53-28-39)64-31-38-27-52-32-56(38)3/h7-15,24-25,27-29,32H,16-23,26,30-31,33H2,1-6H3,(H,55,60). The number of carbonyl (C=O) groups excluding carboxylic acids is 1. The highest BCUT2D eigenvalue weighted by Crippen LogP contribution is 2.43. The number of benzene rings is 3. The lowest BCUT2D eigenvalue weighted by atomic mass is 9.72. The van der Waals surface area contributed by atoms with Crippen LogP contribution in [0.3, 0.4) is 0 Å². The summed E-state index contributed by atoms with van der Waals surface area (Å²) in [6.07, 6.45) is 9.30. The van der Waals surface area contributed by atoms with E-state index in [2.05, 4.69) is 75.2 Å². The van der Waals surface area contributed by atoms with E-state index < -0.39 is 24.0 Å². The van der Waals surface area contributed by atoms with Crippen LogP contribution in [0.25, 0.3) is 16.5 Å². The molecule has 4 heterocycles. The van der Waals surface area contributed by atoms with Gasteiger partial charge >= 0.3 is 0 Å². The Balaban J connectivity index is 1.03. The van der Waals surface area contributed by atoms with Crippen molar-refractivity contribution < 1.29 is 27.4 Å². The summed E-state index contributed by atoms with van der Waals surface area (Å²) in [6.45, 7) is 16.7. The number of allylic oxidation sites excluding steroid dienone is 1. The zero-order valence-corrected chi connectivity index (χ0v) is 42.2. The van der Waals surface area contributed by atoms with Crippen LogP contribution < -0.4 is 19.1 Å². The largest absolute Gasteiger partial charge is 0.470 e. The summed E-state index contributed by atoms with van der Waals surface area (Å²) in [7, 11) is -3.91. The smallest absolute Gasteiger partial charge is 0.268 e. The van der Waals surface area contributed by atoms with Gasteiger partial charge in [-0.1, -0.05) is 80.5 Å². The van der Waals surface area contributed by atoms with E-state index in [1.54, 1.807) is 46.2 Å². The van der Waals surface area contributed by atoms with Crippen LogP contribution in [0.4, 0.5) is 5.69 Å². The molecule has 6 aromatic rings. The van der Waals surface area contributed by atoms with Crippen molar-refractivity contribution in [1.82, 2.24) is 33.9 Å². The molecule has 0 bridgehead atoms. The molecular weight excluding hydrogens is 928 g/mol. The lowest BCUT2D eigenvalue weighted by Gasteiger charge is -2.39. The van der Waals surface area contributed by atoms with E-state index in [1.807, 2.05) is 37.4 Å². The first-order valence-electron chi connectivity index (χ1n) is 22.5. The second kappa shape index (κ2) is 20.2. The number of halogens is 2. The van der Waals surface area contributed by atoms with Crippen molar-refractivity contribution >= 4 is 69.4 Å². The van der Waals surface area contributed by atoms with Gasteiger partial charge in [0, 0.05) is 71.2 Å². The van der Waals surface area contributed by atoms with E-state index in [0.29, 0.717) is 17.7 Å². The summed E-state index contributed by atoms with van der Waals surface area (Å²) in [5.74, 6) is -0.230. The molecule has 1 saturated heterocycles. The molecule has 354 valence electrons. The van der Waals surface area contributed by atoms with Gasteiger partial charge in [0.1, 0.15) is 34.8 Å². The quantitative estimate of drug-likeness (QED) is 0.0688. The number of anilines is 1. The van der Waals surface area contributed by atoms with E-state index in [1.165, 1.54) is 22.8 Å². The third-order valence-corrected chi connectivity index (χ3v) is 15.9. The number of imidazole rings is 1. The molecule has 1 amide bonds. The summed E-state index contributed by atoms with van der Waals surface area (Å²) >= 11 is 12.7. The number of aromatic nitrogens is 5. The highest BCUT2D eigenvalue weighted by atomic mass is 35.5. The monoisotopic (exact) mass is 984 g/mol. The van der Waals surface area contributed by atoms with Gasteiger partial charge in [0.25, 0.3) is 15.9 Å². The number of nitrogens with one attached hydrogen (secondary N) is 1. The van der Waals surface area contributed by atoms with Crippen LogP contribution in [0.15, 0.2) is 102 Å². The lowest BCUT2D eigenvalue weighted by molar-refractivity contribution is 0.0817. The Morgan fingerprint density at radius 1 is 0.940 bits per heavy atom. The van der Waals surface area contributed by atoms with Crippen molar-refractivity contribution in [3.8, 4) is 17.4 Å². The first-order valence-corrected chi connectivity index (χ1v) is 28.4. The summed E-state index contributed by atoms with van der Waals surface area (Å²) < 4.78 is 51.6. The molecule has 67 heavy (non-hydrogen) atoms. The first-order chi connectivity index (χ1) is 31.9. The van der Waals surface area contributed by atoms with Gasteiger partial charge in [-0.05, 0) is 84.3 Å². The highest BCUT2D eigenvalue weighted by molar-refractivity contribution is 7.90. The Hall–Kier alpha value is -5.23. The third-order valence-electron chi connectivity index (χ3n) is 12.4. The van der Waals surface area contributed by atoms with E-state index in [-0.39, 0.29) is 45.9 Å². The van der Waals surface area contributed by atoms with Crippen LogP contribution in [0.5, 0.6) is 17.4 Å². The summed E-state index contributed by atoms with van der Waals surface area (Å²) in [6, 6.07) is 21.3. The maximum Gasteiger partial charge on any atom is 0.268 e. The molecule has 0 atom stereocenters. The van der Waals surface area contributed by atoms with Crippen LogP contribution in [0, 0.1) is 5.41 Å². The molecule has 1 fully saturated rings. The number of amides is 1. The van der Waals surface area contributed by atoms with E-state index in [0.717, 1.165) is 86.1 Å². The fourth-order valence-corrected chi connectivity index (χ4v) is 10.5. The second-order valence-corrected chi connectivity index (χ2v) is 27.5. The predicted octanol–water partition coefficient (Wildman–Crippen LogP) is 10.1. The van der Waals surface area contributed by atoms with Gasteiger partial charge in [0.2, 0.25) is 5.88 Å². The first kappa shape index (κ1) is 48.2. The van der Waals surface area contributed by atoms with Crippen LogP contribution in [-0.2, 0) is 35.1 Å². The van der Waals surface area contributed by atoms with Crippen molar-refractivity contribution in [2.24, 2.45) is 12.5 Å². The Bertz CT molecular complexity index is 2890. The number of aryl methyl sites for hydroxylation is 1. The Labute approximate surface area is 403 Å². The van der Waals surface area contributed by atoms with Gasteiger partial charge in [-0.3, -0.25) is 9.69 Å². The van der Waals surface area contributed by atoms with Crippen molar-refractivity contribution in [2.45, 2.75) is 77.0 Å². The minimum Gasteiger partial charge on any atom is -0.470 e. The van der Waals surface area contributed by atoms with Gasteiger partial charge in [0.15, 0.2) is 0 Å². The number of ether oxygens (including phenoxy) is 3. The van der Waals surface area contributed by atoms with E-state index in [9.17, 15) is 13.2 Å². The lowest BCUT2D eigenvalue weighted by Crippen LogP contribution is -2.47. The Kier molecular flexibility index (Phi) is 14.5. The molecule has 3 aromatic carbocycles. The molecule has 0 unspecified atom stereocenters. The van der Waals surface area contributed by atoms with Crippen molar-refractivity contribution in [1.29, 1.82) is 0 Å². The van der Waals surface area contributed by atoms with Crippen LogP contribution >= 0.6 is 23.2 Å². The van der Waals surface area contributed by atoms with Crippen LogP contribution in [-0.4, -0.2) is 90.9 Å². The maximum absolute atomic E-state index is 14.1. The summed E-state index contributed by atoms with van der Waals surface area (Å²) in [5.41, 5.74) is 6.78. The second-order valence-electron chi connectivity index (χ2n) is 19.3. The highest BCUT2D eigenvalue weighted by Gasteiger charge is 2.30. The fraction of sp³-hybridized carbons (Fsp3) is 0.388. The van der Waals surface area contributed by atoms with Gasteiger partial charge < -0.3 is 23.7 Å². The average Bonchev–Trinajstić information content (AvgIpc) is 3.91.